The van der Waals surface area contributed by atoms with Gasteiger partial charge < -0.3 is 9.64 Å². The Kier molecular flexibility index (Phi) is 5.62. The molecule has 0 amide bonds. The van der Waals surface area contributed by atoms with Crippen molar-refractivity contribution in [1.82, 2.24) is 10.2 Å². The Labute approximate surface area is 165 Å². The first-order chi connectivity index (χ1) is 13.1. The average Bonchev–Trinajstić information content (AvgIpc) is 3.14. The normalized spacial score (nSPS) is 25.3. The summed E-state index contributed by atoms with van der Waals surface area (Å²) >= 11 is 1.76. The van der Waals surface area contributed by atoms with Crippen LogP contribution in [0.15, 0.2) is 42.5 Å². The molecule has 4 heterocycles. The Bertz CT molecular complexity index is 752. The summed E-state index contributed by atoms with van der Waals surface area (Å²) in [5, 5.41) is 3.42. The second kappa shape index (κ2) is 8.13. The van der Waals surface area contributed by atoms with Crippen LogP contribution in [0, 0.1) is 12.3 Å². The van der Waals surface area contributed by atoms with Crippen LogP contribution in [0.1, 0.15) is 40.6 Å². The van der Waals surface area contributed by atoms with Crippen LogP contribution in [0.3, 0.4) is 0 Å². The van der Waals surface area contributed by atoms with Gasteiger partial charge in [-0.25, -0.2) is 4.79 Å². The maximum atomic E-state index is 13.0. The van der Waals surface area contributed by atoms with Crippen LogP contribution in [0.4, 0.5) is 0 Å². The third kappa shape index (κ3) is 4.42. The minimum atomic E-state index is -0.423. The summed E-state index contributed by atoms with van der Waals surface area (Å²) in [5.74, 6) is -0.156. The summed E-state index contributed by atoms with van der Waals surface area (Å²) < 4.78 is 5.89. The summed E-state index contributed by atoms with van der Waals surface area (Å²) in [7, 11) is 0. The molecule has 4 nitrogen and oxygen atoms in total. The number of hydrogen-bond acceptors (Lipinski definition) is 5. The Morgan fingerprint density at radius 3 is 2.48 bits per heavy atom. The lowest BCUT2D eigenvalue weighted by Crippen LogP contribution is -2.50. The molecule has 3 aliphatic heterocycles. The highest BCUT2D eigenvalue weighted by molar-refractivity contribution is 7.11. The molecule has 0 radical (unpaired) electrons. The summed E-state index contributed by atoms with van der Waals surface area (Å²) in [5.41, 5.74) is 1.17. The van der Waals surface area contributed by atoms with Gasteiger partial charge in [0.15, 0.2) is 0 Å². The fourth-order valence-electron chi connectivity index (χ4n) is 4.19. The largest absolute Gasteiger partial charge is 0.464 e. The van der Waals surface area contributed by atoms with E-state index in [9.17, 15) is 4.79 Å². The van der Waals surface area contributed by atoms with Gasteiger partial charge in [0.05, 0.1) is 6.61 Å². The molecule has 0 spiro atoms. The quantitative estimate of drug-likeness (QED) is 0.735. The van der Waals surface area contributed by atoms with Crippen molar-refractivity contribution in [2.24, 2.45) is 5.41 Å². The zero-order chi connectivity index (χ0) is 18.7. The Morgan fingerprint density at radius 2 is 1.85 bits per heavy atom. The molecule has 5 heteroatoms. The molecule has 3 fully saturated rings. The Morgan fingerprint density at radius 1 is 1.15 bits per heavy atom. The molecule has 1 atom stereocenters. The minimum absolute atomic E-state index is 0.156. The van der Waals surface area contributed by atoms with E-state index in [0.29, 0.717) is 13.2 Å². The standard InChI is InChI=1S/C22H28N2O2S/c1-17-7-8-19(27-17)15-23-20(18-5-3-2-4-6-18)21(25)26-16-22-9-12-24(13-10-22)14-11-22/h2-8,20,23H,9-16H2,1H3. The van der Waals surface area contributed by atoms with E-state index in [1.165, 1.54) is 9.75 Å². The Balaban J connectivity index is 1.42. The van der Waals surface area contributed by atoms with Gasteiger partial charge in [0.2, 0.25) is 0 Å². The molecule has 3 aliphatic rings. The molecule has 144 valence electrons. The molecule has 1 N–H and O–H groups in total. The molecule has 2 bridgehead atoms. The van der Waals surface area contributed by atoms with Crippen LogP contribution in [0.5, 0.6) is 0 Å². The number of nitrogens with zero attached hydrogens (tertiary/aromatic N) is 1. The highest BCUT2D eigenvalue weighted by Crippen LogP contribution is 2.40. The molecule has 1 aromatic carbocycles. The van der Waals surface area contributed by atoms with Gasteiger partial charge in [-0.05, 0) is 63.5 Å². The number of benzene rings is 1. The van der Waals surface area contributed by atoms with Crippen molar-refractivity contribution in [3.05, 3.63) is 57.8 Å². The number of hydrogen-bond donors (Lipinski definition) is 1. The smallest absolute Gasteiger partial charge is 0.327 e. The van der Waals surface area contributed by atoms with Crippen LogP contribution in [-0.4, -0.2) is 37.1 Å². The number of rotatable bonds is 7. The number of esters is 1. The zero-order valence-electron chi connectivity index (χ0n) is 15.9. The van der Waals surface area contributed by atoms with Gasteiger partial charge in [0, 0.05) is 21.7 Å². The fourth-order valence-corrected chi connectivity index (χ4v) is 5.03. The SMILES string of the molecule is Cc1ccc(CNC(C(=O)OCC23CCN(CC2)CC3)c2ccccc2)s1. The first-order valence-corrected chi connectivity index (χ1v) is 10.7. The van der Waals surface area contributed by atoms with E-state index in [4.69, 9.17) is 4.74 Å². The second-order valence-corrected chi connectivity index (χ2v) is 9.31. The predicted octanol–water partition coefficient (Wildman–Crippen LogP) is 3.92. The first kappa shape index (κ1) is 18.7. The van der Waals surface area contributed by atoms with Crippen molar-refractivity contribution < 1.29 is 9.53 Å². The highest BCUT2D eigenvalue weighted by atomic mass is 32.1. The number of piperidine rings is 3. The zero-order valence-corrected chi connectivity index (χ0v) is 16.8. The highest BCUT2D eigenvalue weighted by Gasteiger charge is 2.40. The third-order valence-electron chi connectivity index (χ3n) is 6.04. The molecule has 1 unspecified atom stereocenters. The molecule has 5 rings (SSSR count). The van der Waals surface area contributed by atoms with Crippen LogP contribution >= 0.6 is 11.3 Å². The van der Waals surface area contributed by atoms with Crippen molar-refractivity contribution in [2.45, 2.75) is 38.8 Å². The van der Waals surface area contributed by atoms with Crippen LogP contribution < -0.4 is 5.32 Å². The molecule has 0 aliphatic carbocycles. The van der Waals surface area contributed by atoms with Crippen molar-refractivity contribution in [1.29, 1.82) is 0 Å². The van der Waals surface area contributed by atoms with Gasteiger partial charge in [-0.1, -0.05) is 30.3 Å². The number of aryl methyl sites for hydroxylation is 1. The van der Waals surface area contributed by atoms with Crippen LogP contribution in [-0.2, 0) is 16.1 Å². The maximum Gasteiger partial charge on any atom is 0.327 e. The third-order valence-corrected chi connectivity index (χ3v) is 7.04. The van der Waals surface area contributed by atoms with Crippen LogP contribution in [0.2, 0.25) is 0 Å². The molecular formula is C22H28N2O2S. The lowest BCUT2D eigenvalue weighted by molar-refractivity contribution is -0.153. The van der Waals surface area contributed by atoms with E-state index >= 15 is 0 Å². The number of fused-ring (bicyclic) bond motifs is 3. The van der Waals surface area contributed by atoms with E-state index in [2.05, 4.69) is 29.3 Å². The van der Waals surface area contributed by atoms with Crippen molar-refractivity contribution in [3.8, 4) is 0 Å². The summed E-state index contributed by atoms with van der Waals surface area (Å²) in [4.78, 5) is 18.0. The van der Waals surface area contributed by atoms with E-state index in [0.717, 1.165) is 44.5 Å². The van der Waals surface area contributed by atoms with Crippen molar-refractivity contribution >= 4 is 17.3 Å². The van der Waals surface area contributed by atoms with Crippen molar-refractivity contribution in [2.75, 3.05) is 26.2 Å². The van der Waals surface area contributed by atoms with E-state index in [-0.39, 0.29) is 11.4 Å². The van der Waals surface area contributed by atoms with Crippen molar-refractivity contribution in [3.63, 3.8) is 0 Å². The summed E-state index contributed by atoms with van der Waals surface area (Å²) in [6.45, 7) is 6.78. The van der Waals surface area contributed by atoms with Gasteiger partial charge in [-0.3, -0.25) is 5.32 Å². The number of ether oxygens (including phenoxy) is 1. The van der Waals surface area contributed by atoms with E-state index in [1.54, 1.807) is 11.3 Å². The van der Waals surface area contributed by atoms with Gasteiger partial charge >= 0.3 is 5.97 Å². The van der Waals surface area contributed by atoms with Gasteiger partial charge in [0.25, 0.3) is 0 Å². The summed E-state index contributed by atoms with van der Waals surface area (Å²) in [6.07, 6.45) is 3.45. The topological polar surface area (TPSA) is 41.6 Å². The minimum Gasteiger partial charge on any atom is -0.464 e. The molecule has 2 aromatic rings. The van der Waals surface area contributed by atoms with Gasteiger partial charge in [0.1, 0.15) is 6.04 Å². The van der Waals surface area contributed by atoms with E-state index < -0.39 is 6.04 Å². The van der Waals surface area contributed by atoms with Gasteiger partial charge in [-0.2, -0.15) is 0 Å². The monoisotopic (exact) mass is 384 g/mol. The molecule has 1 aromatic heterocycles. The average molecular weight is 385 g/mol. The fraction of sp³-hybridized carbons (Fsp3) is 0.500. The van der Waals surface area contributed by atoms with Crippen LogP contribution in [0.25, 0.3) is 0 Å². The number of thiophene rings is 1. The second-order valence-electron chi connectivity index (χ2n) is 7.94. The predicted molar refractivity (Wildman–Crippen MR) is 109 cm³/mol. The molecule has 27 heavy (non-hydrogen) atoms. The van der Waals surface area contributed by atoms with E-state index in [1.807, 2.05) is 30.3 Å². The summed E-state index contributed by atoms with van der Waals surface area (Å²) in [6, 6.07) is 13.7. The molecule has 0 saturated carbocycles. The lowest BCUT2D eigenvalue weighted by atomic mass is 9.73. The Hall–Kier alpha value is -1.69. The molecular weight excluding hydrogens is 356 g/mol. The number of nitrogens with one attached hydrogen (secondary N) is 1. The first-order valence-electron chi connectivity index (χ1n) is 9.86. The number of carbonyl (C=O) groups excluding carboxylic acids is 1. The molecule has 3 saturated heterocycles. The lowest BCUT2D eigenvalue weighted by Gasteiger charge is -2.48. The van der Waals surface area contributed by atoms with Gasteiger partial charge in [-0.15, -0.1) is 11.3 Å². The number of carbonyl (C=O) groups is 1. The maximum absolute atomic E-state index is 13.0.